The molecule has 0 unspecified atom stereocenters. The van der Waals surface area contributed by atoms with Crippen LogP contribution in [0.2, 0.25) is 0 Å². The lowest BCUT2D eigenvalue weighted by atomic mass is 9.81. The summed E-state index contributed by atoms with van der Waals surface area (Å²) < 4.78 is 1.38. The molecule has 0 fully saturated rings. The van der Waals surface area contributed by atoms with Gasteiger partial charge in [-0.05, 0) is 102 Å². The lowest BCUT2D eigenvalue weighted by Crippen LogP contribution is -2.00. The molecule has 202 valence electrons. The average Bonchev–Trinajstić information content (AvgIpc) is 3.46. The number of aryl methyl sites for hydroxylation is 1. The van der Waals surface area contributed by atoms with Gasteiger partial charge in [0.2, 0.25) is 0 Å². The highest BCUT2D eigenvalue weighted by molar-refractivity contribution is 7.20. The maximum Gasteiger partial charge on any atom is 0.0390 e. The molecule has 1 heteroatoms. The summed E-state index contributed by atoms with van der Waals surface area (Å²) in [7, 11) is 0. The normalized spacial score (nSPS) is 13.1. The molecule has 1 aliphatic rings. The Morgan fingerprint density at radius 2 is 1.05 bits per heavy atom. The van der Waals surface area contributed by atoms with Crippen LogP contribution in [0, 0.1) is 0 Å². The van der Waals surface area contributed by atoms with Crippen molar-refractivity contribution in [1.82, 2.24) is 0 Å². The van der Waals surface area contributed by atoms with Gasteiger partial charge in [-0.2, -0.15) is 0 Å². The molecule has 43 heavy (non-hydrogen) atoms. The van der Waals surface area contributed by atoms with E-state index >= 15 is 0 Å². The number of allylic oxidation sites excluding steroid dienone is 1. The van der Waals surface area contributed by atoms with E-state index in [4.69, 9.17) is 0 Å². The molecular formula is C42H28S. The van der Waals surface area contributed by atoms with E-state index in [1.165, 1.54) is 86.2 Å². The van der Waals surface area contributed by atoms with Gasteiger partial charge in [-0.25, -0.2) is 0 Å². The Balaban J connectivity index is 1.35. The van der Waals surface area contributed by atoms with Gasteiger partial charge in [-0.1, -0.05) is 133 Å². The number of hydrogen-bond acceptors (Lipinski definition) is 1. The molecule has 0 saturated carbocycles. The van der Waals surface area contributed by atoms with Crippen molar-refractivity contribution < 1.29 is 0 Å². The Morgan fingerprint density at radius 1 is 0.465 bits per heavy atom. The maximum absolute atomic E-state index is 2.49. The molecule has 0 saturated heterocycles. The number of rotatable bonds is 3. The molecule has 0 nitrogen and oxygen atoms in total. The quantitative estimate of drug-likeness (QED) is 0.187. The van der Waals surface area contributed by atoms with Gasteiger partial charge in [0.05, 0.1) is 0 Å². The van der Waals surface area contributed by atoms with E-state index in [9.17, 15) is 0 Å². The van der Waals surface area contributed by atoms with Gasteiger partial charge in [0.15, 0.2) is 0 Å². The highest BCUT2D eigenvalue weighted by atomic mass is 32.1. The summed E-state index contributed by atoms with van der Waals surface area (Å²) in [6.07, 6.45) is 4.67. The SMILES string of the molecule is C1=C(c2c3ccccc3c(-c3ccccc3-c3ccc4ccccc4c3)c3ccccc23)c2sc3ccccc3c2CC1. The monoisotopic (exact) mass is 564 g/mol. The van der Waals surface area contributed by atoms with Crippen molar-refractivity contribution >= 4 is 59.3 Å². The molecule has 0 radical (unpaired) electrons. The molecule has 0 bridgehead atoms. The molecule has 1 aromatic heterocycles. The van der Waals surface area contributed by atoms with E-state index in [1.807, 2.05) is 11.3 Å². The van der Waals surface area contributed by atoms with Crippen molar-refractivity contribution in [3.8, 4) is 22.3 Å². The summed E-state index contributed by atoms with van der Waals surface area (Å²) in [4.78, 5) is 1.44. The largest absolute Gasteiger partial charge is 0.135 e. The molecule has 0 atom stereocenters. The van der Waals surface area contributed by atoms with E-state index in [0.29, 0.717) is 0 Å². The summed E-state index contributed by atoms with van der Waals surface area (Å²) >= 11 is 1.95. The molecule has 1 aliphatic carbocycles. The molecule has 0 N–H and O–H groups in total. The highest BCUT2D eigenvalue weighted by Crippen LogP contribution is 2.49. The first kappa shape index (κ1) is 24.6. The standard InChI is InChI=1S/C42H28S/c1-2-13-28-26-29(25-24-27(28)12-1)30-14-3-4-16-32(30)40-33-17-5-7-19-35(33)41(36-20-8-6-18-34(36)40)38-22-11-21-37-31-15-9-10-23-39(31)43-42(37)38/h1-10,12-20,22-26H,11,21H2. The van der Waals surface area contributed by atoms with Gasteiger partial charge in [-0.3, -0.25) is 0 Å². The molecule has 0 amide bonds. The summed E-state index contributed by atoms with van der Waals surface area (Å²) in [5.41, 5.74) is 9.37. The van der Waals surface area contributed by atoms with E-state index in [-0.39, 0.29) is 0 Å². The fourth-order valence-electron chi connectivity index (χ4n) is 7.25. The zero-order valence-electron chi connectivity index (χ0n) is 23.7. The molecule has 8 aromatic rings. The number of fused-ring (bicyclic) bond motifs is 6. The summed E-state index contributed by atoms with van der Waals surface area (Å²) in [6.45, 7) is 0. The van der Waals surface area contributed by atoms with E-state index in [1.54, 1.807) is 0 Å². The minimum Gasteiger partial charge on any atom is -0.135 e. The summed E-state index contributed by atoms with van der Waals surface area (Å²) in [5, 5.41) is 9.20. The van der Waals surface area contributed by atoms with Crippen molar-refractivity contribution in [1.29, 1.82) is 0 Å². The van der Waals surface area contributed by atoms with Crippen LogP contribution in [-0.4, -0.2) is 0 Å². The van der Waals surface area contributed by atoms with Crippen molar-refractivity contribution in [3.05, 3.63) is 162 Å². The van der Waals surface area contributed by atoms with Crippen molar-refractivity contribution in [3.63, 3.8) is 0 Å². The Morgan fingerprint density at radius 3 is 1.79 bits per heavy atom. The topological polar surface area (TPSA) is 0 Å². The van der Waals surface area contributed by atoms with Crippen LogP contribution in [0.15, 0.2) is 146 Å². The van der Waals surface area contributed by atoms with Gasteiger partial charge in [0.25, 0.3) is 0 Å². The molecule has 0 spiro atoms. The Labute approximate surface area is 255 Å². The highest BCUT2D eigenvalue weighted by Gasteiger charge is 2.25. The zero-order chi connectivity index (χ0) is 28.3. The second-order valence-electron chi connectivity index (χ2n) is 11.5. The average molecular weight is 565 g/mol. The third-order valence-corrected chi connectivity index (χ3v) is 10.4. The van der Waals surface area contributed by atoms with Crippen LogP contribution >= 0.6 is 11.3 Å². The summed E-state index contributed by atoms with van der Waals surface area (Å²) in [6, 6.07) is 51.5. The maximum atomic E-state index is 2.49. The molecule has 0 aliphatic heterocycles. The fraction of sp³-hybridized carbons (Fsp3) is 0.0476. The van der Waals surface area contributed by atoms with Crippen molar-refractivity contribution in [2.75, 3.05) is 0 Å². The predicted octanol–water partition coefficient (Wildman–Crippen LogP) is 12.1. The minimum atomic E-state index is 1.07. The van der Waals surface area contributed by atoms with Gasteiger partial charge in [0, 0.05) is 9.58 Å². The van der Waals surface area contributed by atoms with Crippen molar-refractivity contribution in [2.45, 2.75) is 12.8 Å². The third-order valence-electron chi connectivity index (χ3n) is 9.14. The van der Waals surface area contributed by atoms with Crippen LogP contribution in [0.5, 0.6) is 0 Å². The van der Waals surface area contributed by atoms with Crippen LogP contribution in [0.1, 0.15) is 22.4 Å². The predicted molar refractivity (Wildman–Crippen MR) is 187 cm³/mol. The van der Waals surface area contributed by atoms with Gasteiger partial charge < -0.3 is 0 Å². The van der Waals surface area contributed by atoms with Gasteiger partial charge in [0.1, 0.15) is 0 Å². The van der Waals surface area contributed by atoms with Crippen LogP contribution in [0.3, 0.4) is 0 Å². The van der Waals surface area contributed by atoms with Crippen LogP contribution in [0.25, 0.3) is 70.2 Å². The fourth-order valence-corrected chi connectivity index (χ4v) is 8.55. The lowest BCUT2D eigenvalue weighted by molar-refractivity contribution is 0.999. The second-order valence-corrected chi connectivity index (χ2v) is 12.6. The molecule has 9 rings (SSSR count). The van der Waals surface area contributed by atoms with Gasteiger partial charge >= 0.3 is 0 Å². The van der Waals surface area contributed by atoms with E-state index < -0.39 is 0 Å². The molecule has 7 aromatic carbocycles. The Kier molecular flexibility index (Phi) is 5.61. The van der Waals surface area contributed by atoms with Crippen LogP contribution in [-0.2, 0) is 6.42 Å². The Bertz CT molecular complexity index is 2340. The molecule has 1 heterocycles. The minimum absolute atomic E-state index is 1.07. The third kappa shape index (κ3) is 3.82. The van der Waals surface area contributed by atoms with E-state index in [2.05, 4.69) is 146 Å². The number of benzene rings is 7. The number of hydrogen-bond donors (Lipinski definition) is 0. The first-order chi connectivity index (χ1) is 21.3. The Hall–Kier alpha value is -4.98. The van der Waals surface area contributed by atoms with Crippen molar-refractivity contribution in [2.24, 2.45) is 0 Å². The van der Waals surface area contributed by atoms with Gasteiger partial charge in [-0.15, -0.1) is 11.3 Å². The first-order valence-corrected chi connectivity index (χ1v) is 15.9. The lowest BCUT2D eigenvalue weighted by Gasteiger charge is -2.22. The molecular weight excluding hydrogens is 537 g/mol. The number of thiophene rings is 1. The zero-order valence-corrected chi connectivity index (χ0v) is 24.5. The smallest absolute Gasteiger partial charge is 0.0390 e. The van der Waals surface area contributed by atoms with Crippen LogP contribution < -0.4 is 0 Å². The first-order valence-electron chi connectivity index (χ1n) is 15.1. The van der Waals surface area contributed by atoms with Crippen LogP contribution in [0.4, 0.5) is 0 Å². The van der Waals surface area contributed by atoms with E-state index in [0.717, 1.165) is 12.8 Å². The summed E-state index contributed by atoms with van der Waals surface area (Å²) in [5.74, 6) is 0. The second kappa shape index (κ2) is 9.80.